The highest BCUT2D eigenvalue weighted by molar-refractivity contribution is 7.15. The van der Waals surface area contributed by atoms with Crippen LogP contribution >= 0.6 is 11.3 Å². The second-order valence-corrected chi connectivity index (χ2v) is 9.03. The van der Waals surface area contributed by atoms with E-state index in [0.717, 1.165) is 35.2 Å². The molecule has 29 heavy (non-hydrogen) atoms. The fourth-order valence-electron chi connectivity index (χ4n) is 3.88. The molecular formula is C21H23FN6S. The molecule has 1 N–H and O–H groups in total. The molecule has 1 aliphatic heterocycles. The van der Waals surface area contributed by atoms with Crippen molar-refractivity contribution in [2.24, 2.45) is 0 Å². The Kier molecular flexibility index (Phi) is 4.97. The first-order chi connectivity index (χ1) is 14.2. The van der Waals surface area contributed by atoms with Crippen molar-refractivity contribution in [3.8, 4) is 21.8 Å². The van der Waals surface area contributed by atoms with Gasteiger partial charge in [0.15, 0.2) is 5.82 Å². The van der Waals surface area contributed by atoms with E-state index in [2.05, 4.69) is 30.4 Å². The highest BCUT2D eigenvalue weighted by Gasteiger charge is 2.27. The fraction of sp³-hybridized carbons (Fsp3) is 0.429. The van der Waals surface area contributed by atoms with Crippen molar-refractivity contribution in [1.82, 2.24) is 25.5 Å². The zero-order chi connectivity index (χ0) is 19.8. The molecule has 0 bridgehead atoms. The van der Waals surface area contributed by atoms with Crippen molar-refractivity contribution >= 4 is 17.2 Å². The Morgan fingerprint density at radius 1 is 1.07 bits per heavy atom. The van der Waals surface area contributed by atoms with Gasteiger partial charge in [-0.2, -0.15) is 0 Å². The van der Waals surface area contributed by atoms with Crippen molar-refractivity contribution in [3.05, 3.63) is 41.4 Å². The van der Waals surface area contributed by atoms with E-state index in [1.165, 1.54) is 36.7 Å². The van der Waals surface area contributed by atoms with Crippen LogP contribution in [0, 0.1) is 12.7 Å². The Morgan fingerprint density at radius 3 is 2.62 bits per heavy atom. The quantitative estimate of drug-likeness (QED) is 0.690. The van der Waals surface area contributed by atoms with E-state index < -0.39 is 0 Å². The number of nitrogens with zero attached hydrogens (tertiary/aromatic N) is 5. The highest BCUT2D eigenvalue weighted by atomic mass is 32.1. The summed E-state index contributed by atoms with van der Waals surface area (Å²) in [6.45, 7) is 3.84. The Balaban J connectivity index is 1.28. The third-order valence-electron chi connectivity index (χ3n) is 5.74. The van der Waals surface area contributed by atoms with E-state index >= 15 is 0 Å². The molecule has 5 rings (SSSR count). The van der Waals surface area contributed by atoms with Crippen LogP contribution < -0.4 is 10.2 Å². The molecule has 4 heterocycles. The van der Waals surface area contributed by atoms with Crippen LogP contribution in [0.25, 0.3) is 21.8 Å². The van der Waals surface area contributed by atoms with Crippen LogP contribution in [0.5, 0.6) is 0 Å². The second kappa shape index (κ2) is 7.76. The number of anilines is 1. The lowest BCUT2D eigenvalue weighted by Crippen LogP contribution is -2.43. The average Bonchev–Trinajstić information content (AvgIpc) is 3.34. The molecule has 2 aliphatic rings. The van der Waals surface area contributed by atoms with Gasteiger partial charge in [0.1, 0.15) is 11.5 Å². The van der Waals surface area contributed by atoms with Crippen molar-refractivity contribution in [1.29, 1.82) is 0 Å². The summed E-state index contributed by atoms with van der Waals surface area (Å²) in [5, 5.41) is 13.3. The molecule has 150 valence electrons. The Morgan fingerprint density at radius 2 is 1.97 bits per heavy atom. The average molecular weight is 411 g/mol. The predicted molar refractivity (Wildman–Crippen MR) is 112 cm³/mol. The molecule has 8 heteroatoms. The zero-order valence-corrected chi connectivity index (χ0v) is 17.1. The topological polar surface area (TPSA) is 66.8 Å². The van der Waals surface area contributed by atoms with Crippen molar-refractivity contribution in [3.63, 3.8) is 0 Å². The lowest BCUT2D eigenvalue weighted by Gasteiger charge is -2.29. The molecule has 2 fully saturated rings. The summed E-state index contributed by atoms with van der Waals surface area (Å²) in [5.41, 5.74) is 1.52. The van der Waals surface area contributed by atoms with Gasteiger partial charge in [-0.1, -0.05) is 6.42 Å². The summed E-state index contributed by atoms with van der Waals surface area (Å²) in [7, 11) is 0. The molecule has 1 saturated heterocycles. The maximum Gasteiger partial charge on any atom is 0.151 e. The van der Waals surface area contributed by atoms with Gasteiger partial charge in [0, 0.05) is 49.2 Å². The summed E-state index contributed by atoms with van der Waals surface area (Å²) in [5.74, 6) is 0.540. The zero-order valence-electron chi connectivity index (χ0n) is 16.3. The molecule has 0 radical (unpaired) electrons. The number of nitrogens with one attached hydrogen (secondary N) is 1. The Bertz CT molecular complexity index is 1000. The SMILES string of the molecule is Cc1ncc(-c2cnc(-c3ccc(N4CCC(NC5CCC5)C4)nn3)cc2F)s1. The van der Waals surface area contributed by atoms with E-state index in [9.17, 15) is 4.39 Å². The van der Waals surface area contributed by atoms with Crippen LogP contribution in [-0.4, -0.2) is 45.3 Å². The van der Waals surface area contributed by atoms with E-state index in [1.807, 2.05) is 19.1 Å². The number of halogens is 1. The number of rotatable bonds is 5. The van der Waals surface area contributed by atoms with Crippen LogP contribution in [0.3, 0.4) is 0 Å². The molecule has 0 amide bonds. The van der Waals surface area contributed by atoms with Crippen molar-refractivity contribution < 1.29 is 4.39 Å². The smallest absolute Gasteiger partial charge is 0.151 e. The van der Waals surface area contributed by atoms with Gasteiger partial charge in [0.25, 0.3) is 0 Å². The predicted octanol–water partition coefficient (Wildman–Crippen LogP) is 3.83. The number of aromatic nitrogens is 4. The fourth-order valence-corrected chi connectivity index (χ4v) is 4.67. The first-order valence-electron chi connectivity index (χ1n) is 10.1. The van der Waals surface area contributed by atoms with Gasteiger partial charge in [-0.15, -0.1) is 21.5 Å². The van der Waals surface area contributed by atoms with E-state index in [-0.39, 0.29) is 5.82 Å². The van der Waals surface area contributed by atoms with Gasteiger partial charge >= 0.3 is 0 Å². The van der Waals surface area contributed by atoms with Crippen LogP contribution in [0.2, 0.25) is 0 Å². The lowest BCUT2D eigenvalue weighted by molar-refractivity contribution is 0.311. The molecule has 1 atom stereocenters. The molecule has 3 aromatic rings. The number of hydrogen-bond donors (Lipinski definition) is 1. The van der Waals surface area contributed by atoms with E-state index in [1.54, 1.807) is 12.4 Å². The summed E-state index contributed by atoms with van der Waals surface area (Å²) in [4.78, 5) is 11.6. The molecule has 3 aromatic heterocycles. The molecule has 1 aliphatic carbocycles. The summed E-state index contributed by atoms with van der Waals surface area (Å²) < 4.78 is 14.6. The van der Waals surface area contributed by atoms with Crippen molar-refractivity contribution in [2.45, 2.75) is 44.7 Å². The monoisotopic (exact) mass is 410 g/mol. The van der Waals surface area contributed by atoms with Gasteiger partial charge in [0.05, 0.1) is 15.6 Å². The Labute approximate surface area is 173 Å². The standard InChI is InChI=1S/C21H23FN6S/c1-13-23-11-20(29-13)16-10-24-19(9-17(16)22)18-5-6-21(27-26-18)28-8-7-15(12-28)25-14-3-2-4-14/h5-6,9-11,14-15,25H,2-4,7-8,12H2,1H3. The highest BCUT2D eigenvalue weighted by Crippen LogP contribution is 2.30. The van der Waals surface area contributed by atoms with E-state index in [0.29, 0.717) is 29.0 Å². The van der Waals surface area contributed by atoms with Crippen molar-refractivity contribution in [2.75, 3.05) is 18.0 Å². The molecule has 6 nitrogen and oxygen atoms in total. The largest absolute Gasteiger partial charge is 0.354 e. The molecule has 1 saturated carbocycles. The minimum absolute atomic E-state index is 0.325. The maximum atomic E-state index is 14.6. The van der Waals surface area contributed by atoms with Crippen LogP contribution in [-0.2, 0) is 0 Å². The summed E-state index contributed by atoms with van der Waals surface area (Å²) >= 11 is 1.45. The summed E-state index contributed by atoms with van der Waals surface area (Å²) in [6.07, 6.45) is 8.31. The first-order valence-corrected chi connectivity index (χ1v) is 10.9. The summed E-state index contributed by atoms with van der Waals surface area (Å²) in [6, 6.07) is 6.47. The second-order valence-electron chi connectivity index (χ2n) is 7.80. The molecule has 1 unspecified atom stereocenters. The van der Waals surface area contributed by atoms with Gasteiger partial charge in [0.2, 0.25) is 0 Å². The molecular weight excluding hydrogens is 387 g/mol. The maximum absolute atomic E-state index is 14.6. The first kappa shape index (κ1) is 18.6. The molecule has 0 spiro atoms. The van der Waals surface area contributed by atoms with Gasteiger partial charge in [-0.3, -0.25) is 4.98 Å². The minimum atomic E-state index is -0.325. The minimum Gasteiger partial charge on any atom is -0.354 e. The number of hydrogen-bond acceptors (Lipinski definition) is 7. The van der Waals surface area contributed by atoms with E-state index in [4.69, 9.17) is 0 Å². The van der Waals surface area contributed by atoms with Crippen LogP contribution in [0.1, 0.15) is 30.7 Å². The third-order valence-corrected chi connectivity index (χ3v) is 6.69. The number of pyridine rings is 1. The van der Waals surface area contributed by atoms with Gasteiger partial charge in [-0.05, 0) is 38.3 Å². The lowest BCUT2D eigenvalue weighted by atomic mass is 9.92. The number of thiazole rings is 1. The number of aryl methyl sites for hydroxylation is 1. The molecule has 0 aromatic carbocycles. The Hall–Kier alpha value is -2.45. The van der Waals surface area contributed by atoms with Crippen LogP contribution in [0.4, 0.5) is 10.2 Å². The van der Waals surface area contributed by atoms with Crippen LogP contribution in [0.15, 0.2) is 30.6 Å². The normalized spacial score (nSPS) is 19.5. The van der Waals surface area contributed by atoms with Gasteiger partial charge in [-0.25, -0.2) is 9.37 Å². The third kappa shape index (κ3) is 3.86. The van der Waals surface area contributed by atoms with Gasteiger partial charge < -0.3 is 10.2 Å².